The number of fused-ring (bicyclic) bond motifs is 11. The Hall–Kier alpha value is -9.54. The zero-order chi connectivity index (χ0) is 49.4. The summed E-state index contributed by atoms with van der Waals surface area (Å²) < 4.78 is 5.08. The van der Waals surface area contributed by atoms with Gasteiger partial charge in [-0.15, -0.1) is 11.3 Å². The van der Waals surface area contributed by atoms with E-state index in [9.17, 15) is 0 Å². The molecule has 0 saturated heterocycles. The lowest BCUT2D eigenvalue weighted by molar-refractivity contribution is 1.18. The fraction of sp³-hybridized carbons (Fsp3) is 0. The van der Waals surface area contributed by atoms with Gasteiger partial charge in [0.2, 0.25) is 0 Å². The normalized spacial score (nSPS) is 11.7. The van der Waals surface area contributed by atoms with Crippen LogP contribution >= 0.6 is 11.3 Å². The second-order valence-electron chi connectivity index (χ2n) is 19.6. The lowest BCUT2D eigenvalue weighted by atomic mass is 9.95. The molecule has 13 aromatic carbocycles. The topological polar surface area (TPSA) is 8.17 Å². The van der Waals surface area contributed by atoms with Crippen molar-refractivity contribution in [3.63, 3.8) is 0 Å². The van der Waals surface area contributed by atoms with Gasteiger partial charge in [-0.05, 0) is 138 Å². The van der Waals surface area contributed by atoms with Crippen LogP contribution in [0.25, 0.3) is 124 Å². The van der Waals surface area contributed by atoms with Crippen LogP contribution < -0.4 is 4.90 Å². The maximum atomic E-state index is 2.42. The summed E-state index contributed by atoms with van der Waals surface area (Å²) in [4.78, 5) is 2.39. The predicted molar refractivity (Wildman–Crippen MR) is 323 cm³/mol. The summed E-state index contributed by atoms with van der Waals surface area (Å²) in [7, 11) is 0. The molecule has 0 saturated carbocycles. The van der Waals surface area contributed by atoms with Crippen molar-refractivity contribution in [1.29, 1.82) is 0 Å². The molecule has 0 fully saturated rings. The first-order valence-electron chi connectivity index (χ1n) is 25.7. The molecule has 15 aromatic rings. The fourth-order valence-corrected chi connectivity index (χ4v) is 13.1. The van der Waals surface area contributed by atoms with Crippen molar-refractivity contribution >= 4 is 103 Å². The highest BCUT2D eigenvalue weighted by atomic mass is 32.1. The number of aromatic nitrogens is 1. The van der Waals surface area contributed by atoms with Gasteiger partial charge in [0.05, 0.1) is 16.7 Å². The lowest BCUT2D eigenvalue weighted by Crippen LogP contribution is -2.09. The Kier molecular flexibility index (Phi) is 10.1. The molecule has 75 heavy (non-hydrogen) atoms. The van der Waals surface area contributed by atoms with Crippen molar-refractivity contribution in [3.05, 3.63) is 279 Å². The van der Waals surface area contributed by atoms with E-state index in [2.05, 4.69) is 289 Å². The number of hydrogen-bond donors (Lipinski definition) is 0. The molecule has 0 bridgehead atoms. The van der Waals surface area contributed by atoms with Crippen molar-refractivity contribution in [2.75, 3.05) is 4.90 Å². The van der Waals surface area contributed by atoms with Crippen LogP contribution in [-0.4, -0.2) is 4.57 Å². The molecule has 0 aliphatic heterocycles. The highest BCUT2D eigenvalue weighted by Crippen LogP contribution is 2.45. The number of anilines is 3. The standard InChI is InChI=1S/C72H46N2S/c1-3-17-59-48(13-1)27-28-52-29-30-55(46-67(52)59)54-16-11-15-53(45-54)47-31-38-56(39-32-47)73(58-42-35-51(36-43-58)62-22-12-23-65-66-44-37-49-14-2-4-19-61(49)72(66)75-71(62)65)57-40-33-50(34-41-57)60-18-5-8-24-68(60)74-69-25-9-6-20-63(69)64-21-7-10-26-70(64)74/h1-46H. The molecule has 2 heterocycles. The molecule has 0 unspecified atom stereocenters. The highest BCUT2D eigenvalue weighted by molar-refractivity contribution is 7.27. The van der Waals surface area contributed by atoms with E-state index in [-0.39, 0.29) is 0 Å². The van der Waals surface area contributed by atoms with Crippen molar-refractivity contribution in [2.45, 2.75) is 0 Å². The molecule has 0 radical (unpaired) electrons. The summed E-state index contributed by atoms with van der Waals surface area (Å²) in [6, 6.07) is 103. The monoisotopic (exact) mass is 970 g/mol. The average Bonchev–Trinajstić information content (AvgIpc) is 4.04. The Balaban J connectivity index is 0.816. The minimum Gasteiger partial charge on any atom is -0.311 e. The summed E-state index contributed by atoms with van der Waals surface area (Å²) in [5.41, 5.74) is 16.4. The van der Waals surface area contributed by atoms with Gasteiger partial charge in [0, 0.05) is 53.6 Å². The Bertz CT molecular complexity index is 4640. The van der Waals surface area contributed by atoms with Gasteiger partial charge in [0.1, 0.15) is 0 Å². The van der Waals surface area contributed by atoms with Crippen LogP contribution in [0, 0.1) is 0 Å². The molecule has 0 spiro atoms. The van der Waals surface area contributed by atoms with E-state index in [1.165, 1.54) is 113 Å². The van der Waals surface area contributed by atoms with Crippen LogP contribution in [0.1, 0.15) is 0 Å². The van der Waals surface area contributed by atoms with Crippen molar-refractivity contribution in [2.24, 2.45) is 0 Å². The molecule has 0 aliphatic rings. The van der Waals surface area contributed by atoms with Gasteiger partial charge in [-0.25, -0.2) is 0 Å². The second-order valence-corrected chi connectivity index (χ2v) is 20.6. The number of benzene rings is 13. The molecule has 0 amide bonds. The van der Waals surface area contributed by atoms with E-state index in [1.54, 1.807) is 0 Å². The largest absolute Gasteiger partial charge is 0.311 e. The zero-order valence-corrected chi connectivity index (χ0v) is 41.7. The lowest BCUT2D eigenvalue weighted by Gasteiger charge is -2.26. The predicted octanol–water partition coefficient (Wildman–Crippen LogP) is 20.7. The van der Waals surface area contributed by atoms with Crippen molar-refractivity contribution in [3.8, 4) is 50.2 Å². The molecule has 0 N–H and O–H groups in total. The smallest absolute Gasteiger partial charge is 0.0541 e. The van der Waals surface area contributed by atoms with Crippen molar-refractivity contribution < 1.29 is 0 Å². The van der Waals surface area contributed by atoms with Gasteiger partial charge in [-0.2, -0.15) is 0 Å². The van der Waals surface area contributed by atoms with Gasteiger partial charge >= 0.3 is 0 Å². The Labute approximate surface area is 438 Å². The molecule has 0 atom stereocenters. The zero-order valence-electron chi connectivity index (χ0n) is 40.9. The van der Waals surface area contributed by atoms with Gasteiger partial charge < -0.3 is 9.47 Å². The van der Waals surface area contributed by atoms with Gasteiger partial charge in [-0.1, -0.05) is 212 Å². The number of para-hydroxylation sites is 3. The van der Waals surface area contributed by atoms with Gasteiger partial charge in [0.25, 0.3) is 0 Å². The van der Waals surface area contributed by atoms with E-state index in [0.29, 0.717) is 0 Å². The number of hydrogen-bond acceptors (Lipinski definition) is 2. The fourth-order valence-electron chi connectivity index (χ4n) is 11.7. The molecule has 3 heteroatoms. The summed E-state index contributed by atoms with van der Waals surface area (Å²) in [5, 5.41) is 12.8. The summed E-state index contributed by atoms with van der Waals surface area (Å²) in [6.07, 6.45) is 0. The molecule has 2 nitrogen and oxygen atoms in total. The van der Waals surface area contributed by atoms with Crippen LogP contribution in [0.5, 0.6) is 0 Å². The van der Waals surface area contributed by atoms with Gasteiger partial charge in [0.15, 0.2) is 0 Å². The maximum Gasteiger partial charge on any atom is 0.0541 e. The Morgan fingerprint density at radius 2 is 0.693 bits per heavy atom. The summed E-state index contributed by atoms with van der Waals surface area (Å²) in [5.74, 6) is 0. The molecule has 2 aromatic heterocycles. The van der Waals surface area contributed by atoms with E-state index >= 15 is 0 Å². The first kappa shape index (κ1) is 43.1. The molecule has 350 valence electrons. The van der Waals surface area contributed by atoms with Crippen LogP contribution in [-0.2, 0) is 0 Å². The van der Waals surface area contributed by atoms with E-state index < -0.39 is 0 Å². The number of rotatable bonds is 8. The quantitative estimate of drug-likeness (QED) is 0.138. The summed E-state index contributed by atoms with van der Waals surface area (Å²) >= 11 is 1.90. The third kappa shape index (κ3) is 7.23. The SMILES string of the molecule is c1cc(-c2ccc(N(c3ccc(-c4ccccc4-n4c5ccccc5c5ccccc54)cc3)c3ccc(-c4cccc5c4sc4c6ccccc6ccc54)cc3)cc2)cc(-c2ccc3ccc4ccccc4c3c2)c1. The third-order valence-electron chi connectivity index (χ3n) is 15.4. The van der Waals surface area contributed by atoms with E-state index in [4.69, 9.17) is 0 Å². The Morgan fingerprint density at radius 1 is 0.253 bits per heavy atom. The minimum atomic E-state index is 1.08. The van der Waals surface area contributed by atoms with Crippen LogP contribution in [0.15, 0.2) is 279 Å². The van der Waals surface area contributed by atoms with Crippen molar-refractivity contribution in [1.82, 2.24) is 4.57 Å². The second kappa shape index (κ2) is 17.6. The molecule has 15 rings (SSSR count). The van der Waals surface area contributed by atoms with Crippen LogP contribution in [0.4, 0.5) is 17.1 Å². The molecular formula is C72H46N2S. The molecular weight excluding hydrogens is 925 g/mol. The molecule has 0 aliphatic carbocycles. The summed E-state index contributed by atoms with van der Waals surface area (Å²) in [6.45, 7) is 0. The van der Waals surface area contributed by atoms with Crippen LogP contribution in [0.2, 0.25) is 0 Å². The third-order valence-corrected chi connectivity index (χ3v) is 16.7. The van der Waals surface area contributed by atoms with E-state index in [0.717, 1.165) is 28.3 Å². The minimum absolute atomic E-state index is 1.08. The Morgan fingerprint density at radius 3 is 1.39 bits per heavy atom. The van der Waals surface area contributed by atoms with Crippen LogP contribution in [0.3, 0.4) is 0 Å². The first-order chi connectivity index (χ1) is 37.2. The number of thiophene rings is 1. The highest BCUT2D eigenvalue weighted by Gasteiger charge is 2.19. The first-order valence-corrected chi connectivity index (χ1v) is 26.5. The average molecular weight is 971 g/mol. The van der Waals surface area contributed by atoms with Gasteiger partial charge in [-0.3, -0.25) is 0 Å². The number of nitrogens with zero attached hydrogens (tertiary/aromatic N) is 2. The maximum absolute atomic E-state index is 2.42. The van der Waals surface area contributed by atoms with E-state index in [1.807, 2.05) is 11.3 Å².